The second kappa shape index (κ2) is 7.58. The number of anilines is 1. The van der Waals surface area contributed by atoms with Crippen molar-refractivity contribution in [3.63, 3.8) is 0 Å². The third kappa shape index (κ3) is 3.94. The molecule has 128 valence electrons. The van der Waals surface area contributed by atoms with E-state index in [4.69, 9.17) is 4.84 Å². The summed E-state index contributed by atoms with van der Waals surface area (Å²) in [6, 6.07) is 13.8. The molecule has 0 unspecified atom stereocenters. The molecule has 1 heterocycles. The highest BCUT2D eigenvalue weighted by Crippen LogP contribution is 2.22. The normalized spacial score (nSPS) is 13.1. The Morgan fingerprint density at radius 1 is 1.04 bits per heavy atom. The van der Waals surface area contributed by atoms with Gasteiger partial charge in [0.1, 0.15) is 0 Å². The summed E-state index contributed by atoms with van der Waals surface area (Å²) in [6.45, 7) is 0.0946. The lowest BCUT2D eigenvalue weighted by Crippen LogP contribution is -2.30. The first kappa shape index (κ1) is 17.3. The van der Waals surface area contributed by atoms with E-state index in [2.05, 4.69) is 21.2 Å². The average Bonchev–Trinajstić information content (AvgIpc) is 2.84. The van der Waals surface area contributed by atoms with Crippen LogP contribution < -0.4 is 5.32 Å². The minimum atomic E-state index is -0.473. The Hall–Kier alpha value is -2.51. The standard InChI is InChI=1S/C18H15BrN2O4/c19-12-5-3-6-13(11-12)20-16(22)9-4-10-25-21-17(23)14-7-1-2-8-15(14)18(21)24/h1-3,5-8,11H,4,9-10H2,(H,20,22). The number of fused-ring (bicyclic) bond motifs is 1. The van der Waals surface area contributed by atoms with Gasteiger partial charge in [0.2, 0.25) is 5.91 Å². The topological polar surface area (TPSA) is 75.7 Å². The lowest BCUT2D eigenvalue weighted by molar-refractivity contribution is -0.118. The SMILES string of the molecule is O=C(CCCON1C(=O)c2ccccc2C1=O)Nc1cccc(Br)c1. The lowest BCUT2D eigenvalue weighted by atomic mass is 10.1. The van der Waals surface area contributed by atoms with E-state index in [-0.39, 0.29) is 18.9 Å². The van der Waals surface area contributed by atoms with Crippen LogP contribution >= 0.6 is 15.9 Å². The highest BCUT2D eigenvalue weighted by Gasteiger charge is 2.36. The first-order valence-corrected chi connectivity index (χ1v) is 8.52. The molecule has 2 aromatic carbocycles. The van der Waals surface area contributed by atoms with Gasteiger partial charge in [-0.2, -0.15) is 0 Å². The molecule has 0 saturated carbocycles. The first-order chi connectivity index (χ1) is 12.1. The van der Waals surface area contributed by atoms with Crippen molar-refractivity contribution in [3.8, 4) is 0 Å². The van der Waals surface area contributed by atoms with Crippen molar-refractivity contribution in [2.45, 2.75) is 12.8 Å². The number of carbonyl (C=O) groups is 3. The van der Waals surface area contributed by atoms with Gasteiger partial charge in [0.25, 0.3) is 11.8 Å². The number of hydroxylamine groups is 2. The molecule has 25 heavy (non-hydrogen) atoms. The molecule has 3 rings (SSSR count). The van der Waals surface area contributed by atoms with Crippen LogP contribution in [0.25, 0.3) is 0 Å². The van der Waals surface area contributed by atoms with Crippen LogP contribution in [0.15, 0.2) is 53.0 Å². The Labute approximate surface area is 152 Å². The average molecular weight is 403 g/mol. The number of nitrogens with zero attached hydrogens (tertiary/aromatic N) is 1. The van der Waals surface area contributed by atoms with Crippen LogP contribution in [0.1, 0.15) is 33.6 Å². The number of nitrogens with one attached hydrogen (secondary N) is 1. The summed E-state index contributed by atoms with van der Waals surface area (Å²) in [5.41, 5.74) is 1.36. The molecule has 0 fully saturated rings. The summed E-state index contributed by atoms with van der Waals surface area (Å²) in [4.78, 5) is 41.4. The molecule has 1 aliphatic heterocycles. The summed E-state index contributed by atoms with van der Waals surface area (Å²) >= 11 is 3.34. The van der Waals surface area contributed by atoms with E-state index in [0.29, 0.717) is 23.2 Å². The number of hydrogen-bond acceptors (Lipinski definition) is 4. The maximum Gasteiger partial charge on any atom is 0.285 e. The summed E-state index contributed by atoms with van der Waals surface area (Å²) in [5, 5.41) is 3.53. The van der Waals surface area contributed by atoms with Gasteiger partial charge in [0.15, 0.2) is 0 Å². The van der Waals surface area contributed by atoms with Crippen molar-refractivity contribution in [2.24, 2.45) is 0 Å². The minimum Gasteiger partial charge on any atom is -0.326 e. The Kier molecular flexibility index (Phi) is 5.25. The molecule has 1 aliphatic rings. The van der Waals surface area contributed by atoms with Crippen molar-refractivity contribution in [1.29, 1.82) is 0 Å². The predicted octanol–water partition coefficient (Wildman–Crippen LogP) is 3.40. The molecular weight excluding hydrogens is 388 g/mol. The molecule has 3 amide bonds. The highest BCUT2D eigenvalue weighted by atomic mass is 79.9. The van der Waals surface area contributed by atoms with Crippen LogP contribution in [0.3, 0.4) is 0 Å². The first-order valence-electron chi connectivity index (χ1n) is 7.72. The van der Waals surface area contributed by atoms with Gasteiger partial charge in [0, 0.05) is 16.6 Å². The largest absolute Gasteiger partial charge is 0.326 e. The van der Waals surface area contributed by atoms with Crippen LogP contribution in [0, 0.1) is 0 Å². The molecule has 0 atom stereocenters. The van der Waals surface area contributed by atoms with Gasteiger partial charge < -0.3 is 5.32 Å². The van der Waals surface area contributed by atoms with Gasteiger partial charge in [0.05, 0.1) is 17.7 Å². The molecule has 0 saturated heterocycles. The fourth-order valence-electron chi connectivity index (χ4n) is 2.46. The maximum absolute atomic E-state index is 12.1. The zero-order valence-corrected chi connectivity index (χ0v) is 14.8. The number of rotatable bonds is 6. The van der Waals surface area contributed by atoms with Crippen molar-refractivity contribution in [3.05, 3.63) is 64.1 Å². The van der Waals surface area contributed by atoms with E-state index in [1.54, 1.807) is 36.4 Å². The molecule has 0 spiro atoms. The smallest absolute Gasteiger partial charge is 0.285 e. The van der Waals surface area contributed by atoms with Crippen molar-refractivity contribution >= 4 is 39.3 Å². The molecular formula is C18H15BrN2O4. The molecule has 7 heteroatoms. The number of halogens is 1. The summed E-state index contributed by atoms with van der Waals surface area (Å²) in [7, 11) is 0. The van der Waals surface area contributed by atoms with Crippen molar-refractivity contribution in [2.75, 3.05) is 11.9 Å². The molecule has 0 aliphatic carbocycles. The Morgan fingerprint density at radius 3 is 2.36 bits per heavy atom. The van der Waals surface area contributed by atoms with Crippen LogP contribution in [0.5, 0.6) is 0 Å². The highest BCUT2D eigenvalue weighted by molar-refractivity contribution is 9.10. The maximum atomic E-state index is 12.1. The Morgan fingerprint density at radius 2 is 1.72 bits per heavy atom. The van der Waals surface area contributed by atoms with Gasteiger partial charge in [-0.3, -0.25) is 19.2 Å². The Balaban J connectivity index is 1.45. The molecule has 0 radical (unpaired) electrons. The number of carbonyl (C=O) groups excluding carboxylic acids is 3. The zero-order valence-electron chi connectivity index (χ0n) is 13.2. The summed E-state index contributed by atoms with van der Waals surface area (Å²) in [6.07, 6.45) is 0.600. The second-order valence-electron chi connectivity index (χ2n) is 5.45. The number of imide groups is 1. The van der Waals surface area contributed by atoms with Crippen molar-refractivity contribution in [1.82, 2.24) is 5.06 Å². The fourth-order valence-corrected chi connectivity index (χ4v) is 2.86. The third-order valence-electron chi connectivity index (χ3n) is 3.63. The van der Waals surface area contributed by atoms with E-state index >= 15 is 0 Å². The molecule has 1 N–H and O–H groups in total. The summed E-state index contributed by atoms with van der Waals surface area (Å²) < 4.78 is 0.874. The van der Waals surface area contributed by atoms with Gasteiger partial charge in [-0.25, -0.2) is 0 Å². The van der Waals surface area contributed by atoms with E-state index in [1.165, 1.54) is 0 Å². The zero-order chi connectivity index (χ0) is 17.8. The number of hydrogen-bond donors (Lipinski definition) is 1. The molecule has 2 aromatic rings. The monoisotopic (exact) mass is 402 g/mol. The van der Waals surface area contributed by atoms with Gasteiger partial charge in [-0.15, -0.1) is 5.06 Å². The van der Waals surface area contributed by atoms with Crippen LogP contribution in [-0.4, -0.2) is 29.4 Å². The van der Waals surface area contributed by atoms with E-state index < -0.39 is 11.8 Å². The van der Waals surface area contributed by atoms with Gasteiger partial charge >= 0.3 is 0 Å². The van der Waals surface area contributed by atoms with E-state index in [0.717, 1.165) is 9.54 Å². The summed E-state index contributed by atoms with van der Waals surface area (Å²) in [5.74, 6) is -1.11. The van der Waals surface area contributed by atoms with E-state index in [1.807, 2.05) is 12.1 Å². The Bertz CT molecular complexity index is 802. The molecule has 0 aromatic heterocycles. The predicted molar refractivity (Wildman–Crippen MR) is 94.9 cm³/mol. The van der Waals surface area contributed by atoms with Crippen LogP contribution in [0.4, 0.5) is 5.69 Å². The van der Waals surface area contributed by atoms with E-state index in [9.17, 15) is 14.4 Å². The van der Waals surface area contributed by atoms with Crippen LogP contribution in [0.2, 0.25) is 0 Å². The minimum absolute atomic E-state index is 0.0946. The molecule has 0 bridgehead atoms. The fraction of sp³-hybridized carbons (Fsp3) is 0.167. The molecule has 6 nitrogen and oxygen atoms in total. The van der Waals surface area contributed by atoms with Crippen molar-refractivity contribution < 1.29 is 19.2 Å². The van der Waals surface area contributed by atoms with Gasteiger partial charge in [-0.1, -0.05) is 34.1 Å². The number of amides is 3. The second-order valence-corrected chi connectivity index (χ2v) is 6.36. The third-order valence-corrected chi connectivity index (χ3v) is 4.13. The van der Waals surface area contributed by atoms with Gasteiger partial charge in [-0.05, 0) is 36.8 Å². The lowest BCUT2D eigenvalue weighted by Gasteiger charge is -2.13. The quantitative estimate of drug-likeness (QED) is 0.593. The number of benzene rings is 2. The van der Waals surface area contributed by atoms with Crippen LogP contribution in [-0.2, 0) is 9.63 Å².